The van der Waals surface area contributed by atoms with Gasteiger partial charge in [-0.2, -0.15) is 25.5 Å². The SMILES string of the molecule is CCN(CCNc1cc(N)nc2cc(-c3ccn[nH]3)sc12)C(=O)C1CC1.C[C@@H]1CN(c2cc(N)nc3cc(-c4ccn[nH]4)sc23)C[C@@H](C)O1.Cc1noc(C)c1CNc1cc(N)nc2cc(-c3ccn[nH]3)sc12.Nc1cc(NC2CCC(O)CC2)c2sc(-c3ccn[nH]3)cc2n1.Nc1cc(NCCCN2CCCC2=O)c2sc(-c3ccn[nH]3)cc2n1. The number of aliphatic hydroxyl groups excluding tert-OH is 1. The second-order valence-electron chi connectivity index (χ2n) is 30.3. The molecule has 121 heavy (non-hydrogen) atoms. The molecule has 18 heterocycles. The normalized spacial score (nSPS) is 16.5. The molecule has 2 saturated heterocycles. The molecule has 4 fully saturated rings. The number of aromatic amines is 5. The van der Waals surface area contributed by atoms with E-state index >= 15 is 0 Å². The van der Waals surface area contributed by atoms with Gasteiger partial charge in [-0.25, -0.2) is 24.9 Å². The quantitative estimate of drug-likeness (QED) is 0.0280. The number of likely N-dealkylation sites (tertiary alicyclic amines) is 1. The van der Waals surface area contributed by atoms with Crippen molar-refractivity contribution >= 4 is 177 Å². The fourth-order valence-electron chi connectivity index (χ4n) is 15.1. The zero-order valence-electron chi connectivity index (χ0n) is 67.4. The van der Waals surface area contributed by atoms with Crippen LogP contribution < -0.4 is 54.8 Å². The Kier molecular flexibility index (Phi) is 25.3. The molecular formula is C83H96N28O5S5. The number of nitrogen functional groups attached to an aromatic ring is 5. The van der Waals surface area contributed by atoms with E-state index < -0.39 is 0 Å². The van der Waals surface area contributed by atoms with Gasteiger partial charge in [-0.1, -0.05) is 5.16 Å². The molecule has 0 aromatic carbocycles. The summed E-state index contributed by atoms with van der Waals surface area (Å²) in [6, 6.07) is 29.7. The monoisotopic (exact) mass is 1720 g/mol. The molecule has 0 unspecified atom stereocenters. The van der Waals surface area contributed by atoms with E-state index in [1.165, 1.54) is 0 Å². The Morgan fingerprint density at radius 3 is 1.36 bits per heavy atom. The molecule has 16 aromatic heterocycles. The molecule has 0 spiro atoms. The number of thiophene rings is 5. The predicted octanol–water partition coefficient (Wildman–Crippen LogP) is 15.0. The topological polar surface area (TPSA) is 485 Å². The highest BCUT2D eigenvalue weighted by Gasteiger charge is 2.33. The summed E-state index contributed by atoms with van der Waals surface area (Å²) in [5, 5.41) is 62.5. The molecule has 20 rings (SSSR count). The van der Waals surface area contributed by atoms with Crippen LogP contribution >= 0.6 is 56.7 Å². The van der Waals surface area contributed by atoms with Crippen molar-refractivity contribution in [3.63, 3.8) is 0 Å². The van der Waals surface area contributed by atoms with Gasteiger partial charge in [0.05, 0.1) is 156 Å². The second kappa shape index (κ2) is 37.1. The van der Waals surface area contributed by atoms with Crippen molar-refractivity contribution in [1.82, 2.24) is 90.9 Å². The molecule has 2 aliphatic carbocycles. The Morgan fingerprint density at radius 1 is 0.545 bits per heavy atom. The van der Waals surface area contributed by atoms with E-state index in [2.05, 4.69) is 127 Å². The summed E-state index contributed by atoms with van der Waals surface area (Å²) in [6.45, 7) is 17.0. The highest BCUT2D eigenvalue weighted by Crippen LogP contribution is 2.44. The Bertz CT molecular complexity index is 6130. The van der Waals surface area contributed by atoms with Gasteiger partial charge in [0.1, 0.15) is 34.8 Å². The minimum atomic E-state index is -0.149. The van der Waals surface area contributed by atoms with E-state index in [0.717, 1.165) is 240 Å². The van der Waals surface area contributed by atoms with E-state index in [9.17, 15) is 14.7 Å². The van der Waals surface area contributed by atoms with Crippen LogP contribution in [0, 0.1) is 19.8 Å². The summed E-state index contributed by atoms with van der Waals surface area (Å²) in [4.78, 5) is 57.8. The van der Waals surface area contributed by atoms with Gasteiger partial charge in [0.15, 0.2) is 0 Å². The van der Waals surface area contributed by atoms with Crippen LogP contribution in [0.3, 0.4) is 0 Å². The molecule has 0 radical (unpaired) electrons. The third kappa shape index (κ3) is 19.8. The molecule has 16 aromatic rings. The van der Waals surface area contributed by atoms with Crippen molar-refractivity contribution in [1.29, 1.82) is 0 Å². The van der Waals surface area contributed by atoms with Crippen LogP contribution in [0.25, 0.3) is 104 Å². The van der Waals surface area contributed by atoms with Crippen LogP contribution in [0.2, 0.25) is 0 Å². The molecule has 38 heteroatoms. The van der Waals surface area contributed by atoms with Crippen molar-refractivity contribution in [3.8, 4) is 52.9 Å². The maximum Gasteiger partial charge on any atom is 0.225 e. The number of hydrogen-bond acceptors (Lipinski definition) is 31. The van der Waals surface area contributed by atoms with Gasteiger partial charge in [0.2, 0.25) is 11.8 Å². The standard InChI is InChI=1S/C18H22N6OS.C17H20N6OS.C16H16N6OS.2C16H19N5OS/c1-2-24(18(25)11-3-4-11)8-7-20-13-10-16(19)22-14-9-15(26-17(13)14)12-5-6-21-23-12;18-15-10-12(19-5-2-8-23-7-1-3-16(23)24)17-13(21-15)9-14(25-17)11-4-6-20-22-11;1-8-10(9(2)23-22-8)7-18-12-6-15(17)20-13-5-14(24-16(12)13)11-3-4-19-21-11;1-9-7-21(8-10(2)22-9)13-6-15(17)19-12-5-14(23-16(12)13)11-3-4-18-20-11;17-15-8-13(19-9-1-3-10(22)4-2-9)16-12(20-15)7-14(23-16)11-5-6-18-21-11/h5-6,9-11H,2-4,7-8H2,1H3,(H,21,23)(H3,19,20,22);4,6,9-10H,1-3,5,7-8H2,(H,20,22)(H3,18,19,21);3-6H,7H2,1-2H3,(H,19,21)(H3,17,18,20);3-6,9-10H,7-8H2,1-2H3,(H2,17,19)(H,18,20);5-10,22H,1-4H2,(H,18,21)(H3,17,19,20)/t;;;9-,10-;/m...1./s1. The van der Waals surface area contributed by atoms with Gasteiger partial charge in [-0.3, -0.25) is 35.1 Å². The van der Waals surface area contributed by atoms with Crippen LogP contribution in [0.5, 0.6) is 0 Å². The number of H-pyrrole nitrogens is 5. The van der Waals surface area contributed by atoms with Crippen LogP contribution in [0.4, 0.5) is 57.5 Å². The number of nitrogens with zero attached hydrogens (tertiary/aromatic N) is 14. The molecule has 2 amide bonds. The third-order valence-electron chi connectivity index (χ3n) is 21.2. The van der Waals surface area contributed by atoms with E-state index in [1.54, 1.807) is 87.7 Å². The van der Waals surface area contributed by atoms with Crippen LogP contribution in [0.1, 0.15) is 95.6 Å². The number of fused-ring (bicyclic) bond motifs is 5. The summed E-state index contributed by atoms with van der Waals surface area (Å²) in [7, 11) is 0. The number of anilines is 10. The van der Waals surface area contributed by atoms with E-state index in [0.29, 0.717) is 61.2 Å². The molecular weight excluding hydrogens is 1630 g/mol. The Labute approximate surface area is 715 Å². The van der Waals surface area contributed by atoms with E-state index in [1.807, 2.05) is 116 Å². The van der Waals surface area contributed by atoms with Crippen molar-refractivity contribution in [2.75, 3.05) is 107 Å². The number of aliphatic hydroxyl groups is 1. The van der Waals surface area contributed by atoms with Gasteiger partial charge >= 0.3 is 0 Å². The maximum absolute atomic E-state index is 12.2. The third-order valence-corrected chi connectivity index (χ3v) is 27.1. The molecule has 20 N–H and O–H groups in total. The summed E-state index contributed by atoms with van der Waals surface area (Å²) < 4.78 is 16.5. The minimum Gasteiger partial charge on any atom is -0.393 e. The Hall–Kier alpha value is -12.3. The number of nitrogens with two attached hydrogens (primary N) is 5. The molecule has 4 aliphatic rings. The number of amides is 2. The molecule has 2 saturated carbocycles. The molecule has 2 aliphatic heterocycles. The first-order chi connectivity index (χ1) is 58.8. The first kappa shape index (κ1) is 82.4. The number of aromatic nitrogens is 16. The summed E-state index contributed by atoms with van der Waals surface area (Å²) in [5.74, 6) is 4.17. The lowest BCUT2D eigenvalue weighted by Gasteiger charge is -2.37. The first-order valence-electron chi connectivity index (χ1n) is 40.3. The van der Waals surface area contributed by atoms with Crippen LogP contribution in [0.15, 0.2) is 127 Å². The predicted molar refractivity (Wildman–Crippen MR) is 488 cm³/mol. The van der Waals surface area contributed by atoms with Gasteiger partial charge in [0, 0.05) is 144 Å². The number of nitrogens with one attached hydrogen (secondary N) is 9. The van der Waals surface area contributed by atoms with Crippen molar-refractivity contribution in [2.24, 2.45) is 5.92 Å². The molecule has 2 atom stereocenters. The number of carbonyl (C=O) groups excluding carboxylic acids is 2. The maximum atomic E-state index is 12.2. The highest BCUT2D eigenvalue weighted by molar-refractivity contribution is 7.24. The fourth-order valence-corrected chi connectivity index (χ4v) is 20.4. The number of aryl methyl sites for hydroxylation is 2. The van der Waals surface area contributed by atoms with Gasteiger partial charge in [0.25, 0.3) is 0 Å². The van der Waals surface area contributed by atoms with Gasteiger partial charge in [-0.05, 0) is 147 Å². The van der Waals surface area contributed by atoms with Crippen molar-refractivity contribution < 1.29 is 24.0 Å². The second-order valence-corrected chi connectivity index (χ2v) is 35.5. The van der Waals surface area contributed by atoms with Gasteiger partial charge in [-0.15, -0.1) is 56.7 Å². The summed E-state index contributed by atoms with van der Waals surface area (Å²) in [6.07, 6.45) is 17.3. The smallest absolute Gasteiger partial charge is 0.225 e. The number of likely N-dealkylation sites (N-methyl/N-ethyl adjacent to an activating group) is 1. The fraction of sp³-hybridized carbons (Fsp3) is 0.337. The van der Waals surface area contributed by atoms with Crippen molar-refractivity contribution in [2.45, 2.75) is 123 Å². The lowest BCUT2D eigenvalue weighted by Crippen LogP contribution is -2.45. The zero-order valence-corrected chi connectivity index (χ0v) is 71.5. The number of morpholine rings is 1. The minimum absolute atomic E-state index is 0.149. The molecule has 628 valence electrons. The number of ether oxygens (including phenoxy) is 1. The number of pyridine rings is 5. The number of carbonyl (C=O) groups is 2. The number of hydrogen-bond donors (Lipinski definition) is 15. The zero-order chi connectivity index (χ0) is 83.8. The molecule has 33 nitrogen and oxygen atoms in total. The van der Waals surface area contributed by atoms with Crippen molar-refractivity contribution in [3.05, 3.63) is 139 Å². The Morgan fingerprint density at radius 2 is 0.959 bits per heavy atom. The number of rotatable bonds is 22. The lowest BCUT2D eigenvalue weighted by atomic mass is 9.93. The molecule has 0 bridgehead atoms. The van der Waals surface area contributed by atoms with Crippen LogP contribution in [-0.2, 0) is 20.9 Å². The Balaban J connectivity index is 0.000000112. The summed E-state index contributed by atoms with van der Waals surface area (Å²) in [5.41, 5.74) is 46.3. The highest BCUT2D eigenvalue weighted by atomic mass is 32.1. The van der Waals surface area contributed by atoms with Crippen LogP contribution in [-0.4, -0.2) is 184 Å². The lowest BCUT2D eigenvalue weighted by molar-refractivity contribution is -0.132. The van der Waals surface area contributed by atoms with E-state index in [-0.39, 0.29) is 36.0 Å². The first-order valence-corrected chi connectivity index (χ1v) is 44.4. The summed E-state index contributed by atoms with van der Waals surface area (Å²) >= 11 is 8.34. The van der Waals surface area contributed by atoms with E-state index in [4.69, 9.17) is 37.9 Å². The average Bonchev–Trinajstić information content (AvgIpc) is 1.66. The van der Waals surface area contributed by atoms with Gasteiger partial charge < -0.3 is 79.0 Å². The average molecular weight is 1730 g/mol. The largest absolute Gasteiger partial charge is 0.393 e.